The second-order valence-corrected chi connectivity index (χ2v) is 5.37. The normalized spacial score (nSPS) is 29.8. The zero-order valence-electron chi connectivity index (χ0n) is 8.88. The van der Waals surface area contributed by atoms with Crippen molar-refractivity contribution in [2.75, 3.05) is 38.2 Å². The van der Waals surface area contributed by atoms with Crippen molar-refractivity contribution in [3.05, 3.63) is 0 Å². The van der Waals surface area contributed by atoms with Crippen LogP contribution in [0, 0.1) is 5.41 Å². The minimum absolute atomic E-state index is 0.402. The Morgan fingerprint density at radius 3 is 2.85 bits per heavy atom. The third-order valence-electron chi connectivity index (χ3n) is 2.95. The van der Waals surface area contributed by atoms with Crippen molar-refractivity contribution in [3.8, 4) is 0 Å². The lowest BCUT2D eigenvalue weighted by Crippen LogP contribution is -2.31. The van der Waals surface area contributed by atoms with E-state index in [1.807, 2.05) is 11.8 Å². The highest BCUT2D eigenvalue weighted by Gasteiger charge is 2.31. The Morgan fingerprint density at radius 1 is 1.54 bits per heavy atom. The largest absolute Gasteiger partial charge is 0.330 e. The molecule has 2 nitrogen and oxygen atoms in total. The molecule has 0 aromatic carbocycles. The average molecular weight is 202 g/mol. The molecule has 0 amide bonds. The molecule has 1 aliphatic rings. The maximum atomic E-state index is 5.75. The van der Waals surface area contributed by atoms with Crippen LogP contribution in [0.5, 0.6) is 0 Å². The zero-order chi connectivity index (χ0) is 9.73. The minimum Gasteiger partial charge on any atom is -0.330 e. The highest BCUT2D eigenvalue weighted by molar-refractivity contribution is 7.98. The lowest BCUT2D eigenvalue weighted by molar-refractivity contribution is 0.281. The van der Waals surface area contributed by atoms with Crippen molar-refractivity contribution in [1.29, 1.82) is 0 Å². The molecule has 1 heterocycles. The summed E-state index contributed by atoms with van der Waals surface area (Å²) in [5, 5.41) is 0. The molecule has 3 heteroatoms. The van der Waals surface area contributed by atoms with E-state index in [2.05, 4.69) is 18.1 Å². The van der Waals surface area contributed by atoms with Gasteiger partial charge in [0, 0.05) is 6.54 Å². The number of nitrogens with zero attached hydrogens (tertiary/aromatic N) is 1. The van der Waals surface area contributed by atoms with Gasteiger partial charge in [-0.25, -0.2) is 0 Å². The standard InChI is InChI=1S/C10H22N2S/c1-10(8-11)4-6-12(9-10)5-3-7-13-2/h3-9,11H2,1-2H3. The molecule has 1 aliphatic heterocycles. The zero-order valence-corrected chi connectivity index (χ0v) is 9.70. The molecule has 1 atom stereocenters. The fraction of sp³-hybridized carbons (Fsp3) is 1.00. The monoisotopic (exact) mass is 202 g/mol. The topological polar surface area (TPSA) is 29.3 Å². The molecular formula is C10H22N2S. The van der Waals surface area contributed by atoms with Crippen molar-refractivity contribution in [1.82, 2.24) is 4.90 Å². The second-order valence-electron chi connectivity index (χ2n) is 4.39. The average Bonchev–Trinajstić information content (AvgIpc) is 2.50. The van der Waals surface area contributed by atoms with E-state index in [9.17, 15) is 0 Å². The number of hydrogen-bond acceptors (Lipinski definition) is 3. The van der Waals surface area contributed by atoms with Crippen LogP contribution in [0.4, 0.5) is 0 Å². The van der Waals surface area contributed by atoms with Crippen molar-refractivity contribution in [3.63, 3.8) is 0 Å². The number of rotatable bonds is 5. The van der Waals surface area contributed by atoms with Gasteiger partial charge in [-0.05, 0) is 49.9 Å². The molecule has 1 unspecified atom stereocenters. The molecular weight excluding hydrogens is 180 g/mol. The van der Waals surface area contributed by atoms with Crippen LogP contribution in [-0.4, -0.2) is 43.1 Å². The van der Waals surface area contributed by atoms with Gasteiger partial charge in [0.1, 0.15) is 0 Å². The molecule has 0 aromatic heterocycles. The molecule has 0 aliphatic carbocycles. The molecule has 2 N–H and O–H groups in total. The Kier molecular flexibility index (Phi) is 4.56. The molecule has 1 rings (SSSR count). The summed E-state index contributed by atoms with van der Waals surface area (Å²) in [7, 11) is 0. The summed E-state index contributed by atoms with van der Waals surface area (Å²) in [4.78, 5) is 2.56. The Labute approximate surface area is 86.2 Å². The molecule has 1 saturated heterocycles. The van der Waals surface area contributed by atoms with Gasteiger partial charge in [-0.1, -0.05) is 6.92 Å². The first-order valence-electron chi connectivity index (χ1n) is 5.11. The van der Waals surface area contributed by atoms with Crippen LogP contribution in [0.15, 0.2) is 0 Å². The summed E-state index contributed by atoms with van der Waals surface area (Å²) in [6.45, 7) is 6.87. The van der Waals surface area contributed by atoms with Gasteiger partial charge < -0.3 is 10.6 Å². The van der Waals surface area contributed by atoms with Gasteiger partial charge in [0.15, 0.2) is 0 Å². The smallest absolute Gasteiger partial charge is 0.00479 e. The third-order valence-corrected chi connectivity index (χ3v) is 3.65. The van der Waals surface area contributed by atoms with Crippen LogP contribution in [0.1, 0.15) is 19.8 Å². The number of nitrogens with two attached hydrogens (primary N) is 1. The van der Waals surface area contributed by atoms with E-state index in [4.69, 9.17) is 5.73 Å². The van der Waals surface area contributed by atoms with Crippen LogP contribution < -0.4 is 5.73 Å². The number of thioether (sulfide) groups is 1. The highest BCUT2D eigenvalue weighted by Crippen LogP contribution is 2.28. The maximum absolute atomic E-state index is 5.75. The van der Waals surface area contributed by atoms with Gasteiger partial charge in [-0.3, -0.25) is 0 Å². The van der Waals surface area contributed by atoms with Crippen LogP contribution in [0.3, 0.4) is 0 Å². The Bertz CT molecular complexity index is 152. The van der Waals surface area contributed by atoms with Crippen LogP contribution >= 0.6 is 11.8 Å². The summed E-state index contributed by atoms with van der Waals surface area (Å²) in [5.74, 6) is 1.29. The summed E-state index contributed by atoms with van der Waals surface area (Å²) < 4.78 is 0. The van der Waals surface area contributed by atoms with Gasteiger partial charge in [0.25, 0.3) is 0 Å². The van der Waals surface area contributed by atoms with E-state index in [0.29, 0.717) is 5.41 Å². The maximum Gasteiger partial charge on any atom is 0.00479 e. The van der Waals surface area contributed by atoms with Gasteiger partial charge >= 0.3 is 0 Å². The summed E-state index contributed by atoms with van der Waals surface area (Å²) >= 11 is 1.94. The second kappa shape index (κ2) is 5.23. The number of likely N-dealkylation sites (tertiary alicyclic amines) is 1. The third kappa shape index (κ3) is 3.49. The van der Waals surface area contributed by atoms with Crippen molar-refractivity contribution in [2.45, 2.75) is 19.8 Å². The molecule has 13 heavy (non-hydrogen) atoms. The van der Waals surface area contributed by atoms with E-state index < -0.39 is 0 Å². The Morgan fingerprint density at radius 2 is 2.31 bits per heavy atom. The highest BCUT2D eigenvalue weighted by atomic mass is 32.2. The predicted molar refractivity (Wildman–Crippen MR) is 61.2 cm³/mol. The molecule has 0 radical (unpaired) electrons. The Hall–Kier alpha value is 0.270. The molecule has 0 aromatic rings. The quantitative estimate of drug-likeness (QED) is 0.684. The van der Waals surface area contributed by atoms with E-state index in [-0.39, 0.29) is 0 Å². The van der Waals surface area contributed by atoms with E-state index in [1.165, 1.54) is 38.2 Å². The predicted octanol–water partition coefficient (Wildman–Crippen LogP) is 1.41. The van der Waals surface area contributed by atoms with Crippen LogP contribution in [0.25, 0.3) is 0 Å². The van der Waals surface area contributed by atoms with Gasteiger partial charge in [0.2, 0.25) is 0 Å². The lowest BCUT2D eigenvalue weighted by Gasteiger charge is -2.22. The van der Waals surface area contributed by atoms with Gasteiger partial charge in [-0.2, -0.15) is 11.8 Å². The molecule has 1 fully saturated rings. The summed E-state index contributed by atoms with van der Waals surface area (Å²) in [5.41, 5.74) is 6.16. The minimum atomic E-state index is 0.402. The van der Waals surface area contributed by atoms with Crippen molar-refractivity contribution >= 4 is 11.8 Å². The molecule has 78 valence electrons. The Balaban J connectivity index is 2.17. The van der Waals surface area contributed by atoms with Gasteiger partial charge in [-0.15, -0.1) is 0 Å². The first-order chi connectivity index (χ1) is 6.20. The summed E-state index contributed by atoms with van der Waals surface area (Å²) in [6, 6.07) is 0. The van der Waals surface area contributed by atoms with Crippen LogP contribution in [0.2, 0.25) is 0 Å². The van der Waals surface area contributed by atoms with Crippen LogP contribution in [-0.2, 0) is 0 Å². The molecule has 0 spiro atoms. The first kappa shape index (κ1) is 11.3. The van der Waals surface area contributed by atoms with Gasteiger partial charge in [0.05, 0.1) is 0 Å². The van der Waals surface area contributed by atoms with E-state index in [0.717, 1.165) is 6.54 Å². The molecule has 0 saturated carbocycles. The van der Waals surface area contributed by atoms with Crippen molar-refractivity contribution < 1.29 is 0 Å². The van der Waals surface area contributed by atoms with E-state index in [1.54, 1.807) is 0 Å². The summed E-state index contributed by atoms with van der Waals surface area (Å²) in [6.07, 6.45) is 4.78. The SMILES string of the molecule is CSCCCN1CCC(C)(CN)C1. The molecule has 0 bridgehead atoms. The fourth-order valence-corrected chi connectivity index (χ4v) is 2.33. The lowest BCUT2D eigenvalue weighted by atomic mass is 9.90. The first-order valence-corrected chi connectivity index (χ1v) is 6.51. The fourth-order valence-electron chi connectivity index (χ4n) is 1.92. The number of hydrogen-bond donors (Lipinski definition) is 1. The van der Waals surface area contributed by atoms with Crippen molar-refractivity contribution in [2.24, 2.45) is 11.1 Å². The van der Waals surface area contributed by atoms with E-state index >= 15 is 0 Å².